The summed E-state index contributed by atoms with van der Waals surface area (Å²) in [7, 11) is 0. The lowest BCUT2D eigenvalue weighted by molar-refractivity contribution is -0.156. The normalized spacial score (nSPS) is 12.5. The number of unbranched alkanes of at least 4 members (excludes halogenated alkanes) is 1. The predicted octanol–water partition coefficient (Wildman–Crippen LogP) is 1.24. The number of ether oxygens (including phenoxy) is 1. The van der Waals surface area contributed by atoms with E-state index in [1.807, 2.05) is 6.92 Å². The van der Waals surface area contributed by atoms with Gasteiger partial charge in [-0.05, 0) is 13.3 Å². The molecule has 0 aliphatic carbocycles. The molecular formula is C9H16O4. The van der Waals surface area contributed by atoms with Gasteiger partial charge in [0.15, 0.2) is 5.78 Å². The van der Waals surface area contributed by atoms with Crippen molar-refractivity contribution < 1.29 is 19.4 Å². The van der Waals surface area contributed by atoms with Gasteiger partial charge >= 0.3 is 5.97 Å². The van der Waals surface area contributed by atoms with Crippen molar-refractivity contribution in [3.05, 3.63) is 0 Å². The van der Waals surface area contributed by atoms with Crippen molar-refractivity contribution >= 4 is 11.8 Å². The summed E-state index contributed by atoms with van der Waals surface area (Å²) >= 11 is 0. The van der Waals surface area contributed by atoms with Crippen LogP contribution in [0.25, 0.3) is 0 Å². The highest BCUT2D eigenvalue weighted by Crippen LogP contribution is 2.03. The molecule has 0 aromatic rings. The van der Waals surface area contributed by atoms with Crippen molar-refractivity contribution in [1.82, 2.24) is 0 Å². The van der Waals surface area contributed by atoms with Gasteiger partial charge in [0.2, 0.25) is 6.10 Å². The molecule has 4 nitrogen and oxygen atoms in total. The third kappa shape index (κ3) is 4.62. The minimum Gasteiger partial charge on any atom is -0.479 e. The smallest absolute Gasteiger partial charge is 0.340 e. The molecule has 0 aromatic heterocycles. The van der Waals surface area contributed by atoms with Crippen LogP contribution in [0.15, 0.2) is 0 Å². The van der Waals surface area contributed by atoms with E-state index >= 15 is 0 Å². The number of carboxylic acid groups (broad SMARTS) is 1. The molecule has 1 unspecified atom stereocenters. The third-order valence-electron chi connectivity index (χ3n) is 1.63. The topological polar surface area (TPSA) is 63.6 Å². The maximum absolute atomic E-state index is 11.2. The molecule has 0 spiro atoms. The number of hydrogen-bond acceptors (Lipinski definition) is 3. The van der Waals surface area contributed by atoms with E-state index in [1.165, 1.54) is 0 Å². The van der Waals surface area contributed by atoms with E-state index in [9.17, 15) is 9.59 Å². The Morgan fingerprint density at radius 3 is 2.38 bits per heavy atom. The Labute approximate surface area is 77.9 Å². The molecule has 0 amide bonds. The van der Waals surface area contributed by atoms with Crippen LogP contribution in [0.1, 0.15) is 33.1 Å². The van der Waals surface area contributed by atoms with Gasteiger partial charge in [-0.25, -0.2) is 4.79 Å². The molecule has 4 heteroatoms. The summed E-state index contributed by atoms with van der Waals surface area (Å²) in [6, 6.07) is 0. The van der Waals surface area contributed by atoms with Crippen molar-refractivity contribution in [2.24, 2.45) is 0 Å². The van der Waals surface area contributed by atoms with Crippen LogP contribution in [0, 0.1) is 0 Å². The predicted molar refractivity (Wildman–Crippen MR) is 47.6 cm³/mol. The number of ketones is 1. The van der Waals surface area contributed by atoms with E-state index < -0.39 is 12.1 Å². The lowest BCUT2D eigenvalue weighted by atomic mass is 10.1. The minimum atomic E-state index is -1.27. The van der Waals surface area contributed by atoms with Gasteiger partial charge in [-0.3, -0.25) is 4.79 Å². The van der Waals surface area contributed by atoms with Gasteiger partial charge in [0.05, 0.1) is 0 Å². The maximum atomic E-state index is 11.2. The summed E-state index contributed by atoms with van der Waals surface area (Å²) in [6.07, 6.45) is 0.615. The third-order valence-corrected chi connectivity index (χ3v) is 1.63. The Kier molecular flexibility index (Phi) is 6.14. The highest BCUT2D eigenvalue weighted by molar-refractivity contribution is 6.01. The zero-order chi connectivity index (χ0) is 10.3. The molecule has 0 saturated carbocycles. The zero-order valence-electron chi connectivity index (χ0n) is 8.08. The summed E-state index contributed by atoms with van der Waals surface area (Å²) in [5.41, 5.74) is 0. The molecule has 76 valence electrons. The molecule has 0 aromatic carbocycles. The van der Waals surface area contributed by atoms with Crippen LogP contribution in [0.5, 0.6) is 0 Å². The Balaban J connectivity index is 4.03. The second-order valence-corrected chi connectivity index (χ2v) is 2.74. The lowest BCUT2D eigenvalue weighted by Gasteiger charge is -2.10. The van der Waals surface area contributed by atoms with Gasteiger partial charge in [0, 0.05) is 13.0 Å². The standard InChI is InChI=1S/C9H16O4/c1-3-5-6-7(10)8(9(11)12)13-4-2/h8H,3-6H2,1-2H3,(H,11,12). The number of rotatable bonds is 7. The number of carbonyl (C=O) groups excluding carboxylic acids is 1. The fraction of sp³-hybridized carbons (Fsp3) is 0.778. The van der Waals surface area contributed by atoms with Crippen molar-refractivity contribution in [2.45, 2.75) is 39.2 Å². The molecular weight excluding hydrogens is 172 g/mol. The van der Waals surface area contributed by atoms with E-state index in [0.717, 1.165) is 12.8 Å². The van der Waals surface area contributed by atoms with E-state index in [1.54, 1.807) is 6.92 Å². The molecule has 13 heavy (non-hydrogen) atoms. The lowest BCUT2D eigenvalue weighted by Crippen LogP contribution is -2.32. The molecule has 0 saturated heterocycles. The highest BCUT2D eigenvalue weighted by atomic mass is 16.5. The molecule has 1 N–H and O–H groups in total. The van der Waals surface area contributed by atoms with Crippen LogP contribution in [0.3, 0.4) is 0 Å². The summed E-state index contributed by atoms with van der Waals surface area (Å²) in [5, 5.41) is 8.63. The van der Waals surface area contributed by atoms with Crippen LogP contribution >= 0.6 is 0 Å². The molecule has 0 aliphatic heterocycles. The second-order valence-electron chi connectivity index (χ2n) is 2.74. The quantitative estimate of drug-likeness (QED) is 0.610. The Morgan fingerprint density at radius 1 is 1.38 bits per heavy atom. The van der Waals surface area contributed by atoms with E-state index in [-0.39, 0.29) is 18.8 Å². The van der Waals surface area contributed by atoms with Crippen LogP contribution in [0.2, 0.25) is 0 Å². The summed E-state index contributed by atoms with van der Waals surface area (Å²) in [6.45, 7) is 3.86. The largest absolute Gasteiger partial charge is 0.479 e. The van der Waals surface area contributed by atoms with Gasteiger partial charge in [0.1, 0.15) is 0 Å². The number of aliphatic carboxylic acids is 1. The molecule has 1 atom stereocenters. The molecule has 0 bridgehead atoms. The molecule has 0 aliphatic rings. The van der Waals surface area contributed by atoms with Gasteiger partial charge < -0.3 is 9.84 Å². The van der Waals surface area contributed by atoms with Crippen LogP contribution in [-0.2, 0) is 14.3 Å². The van der Waals surface area contributed by atoms with E-state index in [0.29, 0.717) is 0 Å². The Bertz CT molecular complexity index is 176. The second kappa shape index (κ2) is 6.60. The van der Waals surface area contributed by atoms with Crippen molar-refractivity contribution in [2.75, 3.05) is 6.61 Å². The number of hydrogen-bond donors (Lipinski definition) is 1. The van der Waals surface area contributed by atoms with Crippen LogP contribution in [-0.4, -0.2) is 29.6 Å². The first-order chi connectivity index (χ1) is 6.13. The monoisotopic (exact) mass is 188 g/mol. The Morgan fingerprint density at radius 2 is 2.00 bits per heavy atom. The van der Waals surface area contributed by atoms with Crippen LogP contribution in [0.4, 0.5) is 0 Å². The summed E-state index contributed by atoms with van der Waals surface area (Å²) in [4.78, 5) is 21.8. The fourth-order valence-corrected chi connectivity index (χ4v) is 0.951. The van der Waals surface area contributed by atoms with Gasteiger partial charge in [0.25, 0.3) is 0 Å². The first-order valence-electron chi connectivity index (χ1n) is 4.50. The van der Waals surface area contributed by atoms with Crippen molar-refractivity contribution in [1.29, 1.82) is 0 Å². The minimum absolute atomic E-state index is 0.245. The summed E-state index contributed by atoms with van der Waals surface area (Å²) < 4.78 is 4.81. The average molecular weight is 188 g/mol. The summed E-state index contributed by atoms with van der Waals surface area (Å²) in [5.74, 6) is -1.53. The molecule has 0 rings (SSSR count). The van der Waals surface area contributed by atoms with Gasteiger partial charge in [-0.15, -0.1) is 0 Å². The van der Waals surface area contributed by atoms with Gasteiger partial charge in [-0.1, -0.05) is 13.3 Å². The van der Waals surface area contributed by atoms with E-state index in [2.05, 4.69) is 0 Å². The average Bonchev–Trinajstić information content (AvgIpc) is 2.09. The van der Waals surface area contributed by atoms with Crippen molar-refractivity contribution in [3.8, 4) is 0 Å². The zero-order valence-corrected chi connectivity index (χ0v) is 8.08. The van der Waals surface area contributed by atoms with Crippen LogP contribution < -0.4 is 0 Å². The molecule has 0 fully saturated rings. The fourth-order valence-electron chi connectivity index (χ4n) is 0.951. The highest BCUT2D eigenvalue weighted by Gasteiger charge is 2.25. The Hall–Kier alpha value is -0.900. The van der Waals surface area contributed by atoms with Gasteiger partial charge in [-0.2, -0.15) is 0 Å². The first-order valence-corrected chi connectivity index (χ1v) is 4.50. The number of carboxylic acids is 1. The van der Waals surface area contributed by atoms with E-state index in [4.69, 9.17) is 9.84 Å². The first kappa shape index (κ1) is 12.1. The molecule has 0 radical (unpaired) electrons. The number of Topliss-reactive ketones (excluding diaryl/α,β-unsaturated/α-hetero) is 1. The maximum Gasteiger partial charge on any atom is 0.340 e. The SMILES string of the molecule is CCCCC(=O)C(OCC)C(=O)O. The number of carbonyl (C=O) groups is 2. The van der Waals surface area contributed by atoms with Crippen molar-refractivity contribution in [3.63, 3.8) is 0 Å². The molecule has 0 heterocycles.